The van der Waals surface area contributed by atoms with Crippen LogP contribution in [0.4, 0.5) is 18.9 Å². The van der Waals surface area contributed by atoms with Crippen molar-refractivity contribution >= 4 is 23.4 Å². The molecule has 0 saturated carbocycles. The molecular formula is C17H14F3N5OS. The van der Waals surface area contributed by atoms with Crippen LogP contribution in [0.3, 0.4) is 0 Å². The van der Waals surface area contributed by atoms with Crippen LogP contribution in [0.15, 0.2) is 47.6 Å². The van der Waals surface area contributed by atoms with Gasteiger partial charge in [0.1, 0.15) is 17.5 Å². The molecule has 1 aromatic heterocycles. The Balaban J connectivity index is 1.73. The summed E-state index contributed by atoms with van der Waals surface area (Å²) in [4.78, 5) is 12.2. The quantitative estimate of drug-likeness (QED) is 0.514. The van der Waals surface area contributed by atoms with Gasteiger partial charge in [0, 0.05) is 11.6 Å². The monoisotopic (exact) mass is 393 g/mol. The number of amides is 1. The lowest BCUT2D eigenvalue weighted by atomic mass is 10.2. The second kappa shape index (κ2) is 7.70. The number of nitrogen functional groups attached to an aromatic ring is 1. The molecule has 1 atom stereocenters. The fraction of sp³-hybridized carbons (Fsp3) is 0.118. The minimum atomic E-state index is -0.752. The minimum absolute atomic E-state index is 0.205. The summed E-state index contributed by atoms with van der Waals surface area (Å²) in [5.74, 6) is 3.72. The Morgan fingerprint density at radius 3 is 2.63 bits per heavy atom. The molecule has 1 amide bonds. The molecule has 140 valence electrons. The van der Waals surface area contributed by atoms with E-state index in [1.165, 1.54) is 18.2 Å². The van der Waals surface area contributed by atoms with Gasteiger partial charge in [-0.2, -0.15) is 0 Å². The van der Waals surface area contributed by atoms with E-state index in [0.29, 0.717) is 5.56 Å². The Bertz CT molecular complexity index is 994. The molecule has 0 radical (unpaired) electrons. The summed E-state index contributed by atoms with van der Waals surface area (Å²) in [6.07, 6.45) is 0. The molecule has 0 saturated heterocycles. The molecule has 0 unspecified atom stereocenters. The summed E-state index contributed by atoms with van der Waals surface area (Å²) >= 11 is 0.970. The van der Waals surface area contributed by atoms with Crippen molar-refractivity contribution in [3.05, 3.63) is 59.9 Å². The Morgan fingerprint density at radius 1 is 1.15 bits per heavy atom. The molecule has 0 aliphatic heterocycles. The molecule has 10 heteroatoms. The van der Waals surface area contributed by atoms with Crippen LogP contribution in [0, 0.1) is 17.5 Å². The summed E-state index contributed by atoms with van der Waals surface area (Å²) < 4.78 is 41.3. The number of nitrogens with one attached hydrogen (secondary N) is 1. The van der Waals surface area contributed by atoms with Crippen molar-refractivity contribution in [2.75, 3.05) is 11.2 Å². The van der Waals surface area contributed by atoms with Gasteiger partial charge in [-0.25, -0.2) is 17.8 Å². The molecule has 2 aromatic carbocycles. The first-order chi connectivity index (χ1) is 12.8. The van der Waals surface area contributed by atoms with Crippen molar-refractivity contribution in [3.63, 3.8) is 0 Å². The Labute approximate surface area is 156 Å². The average Bonchev–Trinajstić information content (AvgIpc) is 2.98. The molecule has 0 spiro atoms. The van der Waals surface area contributed by atoms with Crippen LogP contribution in [-0.4, -0.2) is 26.0 Å². The first-order valence-corrected chi connectivity index (χ1v) is 8.62. The van der Waals surface area contributed by atoms with E-state index in [1.807, 2.05) is 0 Å². The van der Waals surface area contributed by atoms with Crippen LogP contribution < -0.4 is 11.2 Å². The van der Waals surface area contributed by atoms with Gasteiger partial charge in [0.2, 0.25) is 11.1 Å². The largest absolute Gasteiger partial charge is 0.335 e. The van der Waals surface area contributed by atoms with Crippen molar-refractivity contribution in [1.82, 2.24) is 14.9 Å². The van der Waals surface area contributed by atoms with Gasteiger partial charge >= 0.3 is 0 Å². The number of halogens is 3. The van der Waals surface area contributed by atoms with Gasteiger partial charge in [-0.05, 0) is 31.2 Å². The standard InChI is InChI=1S/C17H14F3N5OS/c1-9(16(26)22-14-8-12(19)5-6-13(14)20)27-17-24-23-15(25(17)21)10-3-2-4-11(18)7-10/h2-9H,21H2,1H3,(H,22,26)/t9-/m1/s1. The number of hydrogen-bond donors (Lipinski definition) is 2. The number of nitrogens with two attached hydrogens (primary N) is 1. The fourth-order valence-electron chi connectivity index (χ4n) is 2.22. The summed E-state index contributed by atoms with van der Waals surface area (Å²) in [5.41, 5.74) is 0.165. The van der Waals surface area contributed by atoms with E-state index in [4.69, 9.17) is 5.84 Å². The van der Waals surface area contributed by atoms with E-state index in [9.17, 15) is 18.0 Å². The van der Waals surface area contributed by atoms with Crippen LogP contribution in [0.5, 0.6) is 0 Å². The third-order valence-corrected chi connectivity index (χ3v) is 4.64. The summed E-state index contributed by atoms with van der Waals surface area (Å²) in [5, 5.41) is 9.59. The van der Waals surface area contributed by atoms with Crippen molar-refractivity contribution in [2.24, 2.45) is 0 Å². The molecule has 0 fully saturated rings. The second-order valence-electron chi connectivity index (χ2n) is 5.56. The lowest BCUT2D eigenvalue weighted by Crippen LogP contribution is -2.24. The summed E-state index contributed by atoms with van der Waals surface area (Å²) in [6, 6.07) is 8.43. The highest BCUT2D eigenvalue weighted by atomic mass is 32.2. The number of benzene rings is 2. The third kappa shape index (κ3) is 4.22. The number of carbonyl (C=O) groups excluding carboxylic acids is 1. The zero-order valence-corrected chi connectivity index (χ0v) is 14.8. The number of nitrogens with zero attached hydrogens (tertiary/aromatic N) is 3. The maximum Gasteiger partial charge on any atom is 0.237 e. The van der Waals surface area contributed by atoms with E-state index < -0.39 is 28.6 Å². The van der Waals surface area contributed by atoms with Crippen LogP contribution in [0.1, 0.15) is 6.92 Å². The highest BCUT2D eigenvalue weighted by Crippen LogP contribution is 2.26. The highest BCUT2D eigenvalue weighted by molar-refractivity contribution is 8.00. The number of hydrogen-bond acceptors (Lipinski definition) is 5. The first-order valence-electron chi connectivity index (χ1n) is 7.74. The van der Waals surface area contributed by atoms with Gasteiger partial charge < -0.3 is 11.2 Å². The molecule has 3 aromatic rings. The van der Waals surface area contributed by atoms with Gasteiger partial charge in [0.05, 0.1) is 10.9 Å². The summed E-state index contributed by atoms with van der Waals surface area (Å²) in [6.45, 7) is 1.55. The van der Waals surface area contributed by atoms with Crippen LogP contribution >= 0.6 is 11.8 Å². The predicted octanol–water partition coefficient (Wildman–Crippen LogP) is 3.20. The molecule has 3 N–H and O–H groups in total. The van der Waals surface area contributed by atoms with Crippen molar-refractivity contribution in [3.8, 4) is 11.4 Å². The lowest BCUT2D eigenvalue weighted by molar-refractivity contribution is -0.115. The maximum atomic E-state index is 13.6. The van der Waals surface area contributed by atoms with E-state index >= 15 is 0 Å². The molecular weight excluding hydrogens is 379 g/mol. The van der Waals surface area contributed by atoms with Crippen molar-refractivity contribution < 1.29 is 18.0 Å². The molecule has 6 nitrogen and oxygen atoms in total. The smallest absolute Gasteiger partial charge is 0.237 e. The average molecular weight is 393 g/mol. The van der Waals surface area contributed by atoms with Crippen LogP contribution in [0.25, 0.3) is 11.4 Å². The third-order valence-electron chi connectivity index (χ3n) is 3.59. The van der Waals surface area contributed by atoms with Gasteiger partial charge in [0.25, 0.3) is 0 Å². The molecule has 0 aliphatic carbocycles. The zero-order chi connectivity index (χ0) is 19.6. The topological polar surface area (TPSA) is 85.8 Å². The first kappa shape index (κ1) is 18.8. The fourth-order valence-corrected chi connectivity index (χ4v) is 2.99. The van der Waals surface area contributed by atoms with Gasteiger partial charge in [-0.15, -0.1) is 10.2 Å². The minimum Gasteiger partial charge on any atom is -0.335 e. The van der Waals surface area contributed by atoms with Gasteiger partial charge in [-0.1, -0.05) is 23.9 Å². The highest BCUT2D eigenvalue weighted by Gasteiger charge is 2.21. The predicted molar refractivity (Wildman–Crippen MR) is 95.9 cm³/mol. The number of thioether (sulfide) groups is 1. The summed E-state index contributed by atoms with van der Waals surface area (Å²) in [7, 11) is 0. The molecule has 0 bridgehead atoms. The maximum absolute atomic E-state index is 13.6. The van der Waals surface area contributed by atoms with Crippen LogP contribution in [-0.2, 0) is 4.79 Å². The zero-order valence-electron chi connectivity index (χ0n) is 14.0. The molecule has 0 aliphatic rings. The Kier molecular flexibility index (Phi) is 5.36. The molecule has 27 heavy (non-hydrogen) atoms. The molecule has 1 heterocycles. The van der Waals surface area contributed by atoms with Gasteiger partial charge in [0.15, 0.2) is 5.82 Å². The van der Waals surface area contributed by atoms with Gasteiger partial charge in [-0.3, -0.25) is 4.79 Å². The normalized spacial score (nSPS) is 12.0. The molecule has 3 rings (SSSR count). The SMILES string of the molecule is C[C@@H](Sc1nnc(-c2cccc(F)c2)n1N)C(=O)Nc1cc(F)ccc1F. The van der Waals surface area contributed by atoms with Crippen molar-refractivity contribution in [1.29, 1.82) is 0 Å². The number of carbonyl (C=O) groups is 1. The number of anilines is 1. The number of rotatable bonds is 5. The van der Waals surface area contributed by atoms with Crippen LogP contribution in [0.2, 0.25) is 0 Å². The lowest BCUT2D eigenvalue weighted by Gasteiger charge is -2.12. The Hall–Kier alpha value is -3.01. The van der Waals surface area contributed by atoms with E-state index in [1.54, 1.807) is 13.0 Å². The van der Waals surface area contributed by atoms with E-state index in [-0.39, 0.29) is 16.7 Å². The second-order valence-corrected chi connectivity index (χ2v) is 6.87. The number of aromatic nitrogens is 3. The van der Waals surface area contributed by atoms with E-state index in [0.717, 1.165) is 34.6 Å². The van der Waals surface area contributed by atoms with Crippen molar-refractivity contribution in [2.45, 2.75) is 17.3 Å². The van der Waals surface area contributed by atoms with E-state index in [2.05, 4.69) is 15.5 Å². The Morgan fingerprint density at radius 2 is 1.89 bits per heavy atom.